The third-order valence-corrected chi connectivity index (χ3v) is 6.89. The molecule has 4 aromatic carbocycles. The van der Waals surface area contributed by atoms with Gasteiger partial charge in [-0.3, -0.25) is 0 Å². The molecule has 0 aliphatic carbocycles. The van der Waals surface area contributed by atoms with Gasteiger partial charge in [-0.25, -0.2) is 15.0 Å². The molecule has 0 saturated heterocycles. The zero-order chi connectivity index (χ0) is 24.6. The first-order valence-electron chi connectivity index (χ1n) is 12.1. The molecule has 36 heavy (non-hydrogen) atoms. The van der Waals surface area contributed by atoms with Crippen LogP contribution < -0.4 is 5.01 Å². The molecule has 1 aliphatic rings. The Morgan fingerprint density at radius 2 is 1.53 bits per heavy atom. The van der Waals surface area contributed by atoms with Crippen LogP contribution in [-0.4, -0.2) is 15.7 Å². The molecule has 0 radical (unpaired) electrons. The summed E-state index contributed by atoms with van der Waals surface area (Å²) in [5, 5.41) is 8.80. The van der Waals surface area contributed by atoms with Crippen molar-refractivity contribution in [3.05, 3.63) is 124 Å². The van der Waals surface area contributed by atoms with E-state index >= 15 is 0 Å². The molecule has 4 nitrogen and oxygen atoms in total. The van der Waals surface area contributed by atoms with Crippen LogP contribution in [0.3, 0.4) is 0 Å². The van der Waals surface area contributed by atoms with E-state index in [2.05, 4.69) is 68.4 Å². The monoisotopic (exact) mass is 488 g/mol. The van der Waals surface area contributed by atoms with Crippen molar-refractivity contribution in [2.45, 2.75) is 26.3 Å². The van der Waals surface area contributed by atoms with Gasteiger partial charge >= 0.3 is 0 Å². The van der Waals surface area contributed by atoms with Crippen LogP contribution in [0, 0.1) is 13.8 Å². The Morgan fingerprint density at radius 1 is 0.750 bits per heavy atom. The Morgan fingerprint density at radius 3 is 2.31 bits per heavy atom. The van der Waals surface area contributed by atoms with E-state index in [1.807, 2.05) is 47.5 Å². The molecule has 0 amide bonds. The number of hydrogen-bond acceptors (Lipinski definition) is 4. The van der Waals surface area contributed by atoms with Crippen LogP contribution in [-0.2, 0) is 0 Å². The van der Waals surface area contributed by atoms with E-state index in [9.17, 15) is 0 Å². The summed E-state index contributed by atoms with van der Waals surface area (Å²) in [6.45, 7) is 4.22. The molecule has 176 valence electrons. The van der Waals surface area contributed by atoms with E-state index in [1.54, 1.807) is 0 Å². The predicted octanol–water partition coefficient (Wildman–Crippen LogP) is 7.92. The third-order valence-electron chi connectivity index (χ3n) is 6.64. The van der Waals surface area contributed by atoms with Crippen LogP contribution >= 0.6 is 11.6 Å². The molecule has 6 rings (SSSR count). The van der Waals surface area contributed by atoms with Crippen LogP contribution in [0.2, 0.25) is 5.02 Å². The highest BCUT2D eigenvalue weighted by Crippen LogP contribution is 2.37. The Bertz CT molecular complexity index is 1590. The molecule has 0 bridgehead atoms. The minimum Gasteiger partial charge on any atom is -0.223 e. The number of hydrazone groups is 1. The van der Waals surface area contributed by atoms with Gasteiger partial charge in [-0.15, -0.1) is 0 Å². The van der Waals surface area contributed by atoms with Gasteiger partial charge in [0.15, 0.2) is 0 Å². The van der Waals surface area contributed by atoms with Crippen molar-refractivity contribution in [2.75, 3.05) is 5.01 Å². The maximum absolute atomic E-state index is 6.18. The van der Waals surface area contributed by atoms with Crippen molar-refractivity contribution in [1.29, 1.82) is 0 Å². The van der Waals surface area contributed by atoms with E-state index in [-0.39, 0.29) is 6.04 Å². The fourth-order valence-electron chi connectivity index (χ4n) is 4.74. The zero-order valence-corrected chi connectivity index (χ0v) is 20.9. The fraction of sp³-hybridized carbons (Fsp3) is 0.129. The number of aryl methyl sites for hydroxylation is 2. The quantitative estimate of drug-likeness (QED) is 0.258. The molecule has 1 aromatic heterocycles. The molecular formula is C31H25ClN4. The molecule has 2 heterocycles. The molecule has 0 fully saturated rings. The lowest BCUT2D eigenvalue weighted by Crippen LogP contribution is -2.21. The van der Waals surface area contributed by atoms with Crippen LogP contribution in [0.1, 0.15) is 34.7 Å². The van der Waals surface area contributed by atoms with E-state index < -0.39 is 0 Å². The lowest BCUT2D eigenvalue weighted by Gasteiger charge is -2.23. The number of anilines is 1. The van der Waals surface area contributed by atoms with Crippen LogP contribution in [0.25, 0.3) is 22.2 Å². The average Bonchev–Trinajstić information content (AvgIpc) is 3.35. The van der Waals surface area contributed by atoms with Crippen molar-refractivity contribution in [1.82, 2.24) is 9.97 Å². The first-order valence-corrected chi connectivity index (χ1v) is 12.5. The summed E-state index contributed by atoms with van der Waals surface area (Å²) >= 11 is 6.18. The van der Waals surface area contributed by atoms with E-state index in [0.29, 0.717) is 11.0 Å². The van der Waals surface area contributed by atoms with Gasteiger partial charge < -0.3 is 0 Å². The van der Waals surface area contributed by atoms with Gasteiger partial charge in [-0.2, -0.15) is 5.10 Å². The van der Waals surface area contributed by atoms with Crippen LogP contribution in [0.4, 0.5) is 5.95 Å². The Labute approximate surface area is 215 Å². The minimum atomic E-state index is 0.000317. The second-order valence-corrected chi connectivity index (χ2v) is 9.72. The summed E-state index contributed by atoms with van der Waals surface area (Å²) in [5.41, 5.74) is 8.55. The lowest BCUT2D eigenvalue weighted by molar-refractivity contribution is 0.689. The summed E-state index contributed by atoms with van der Waals surface area (Å²) < 4.78 is 0. The molecule has 0 unspecified atom stereocenters. The first-order chi connectivity index (χ1) is 17.5. The minimum absolute atomic E-state index is 0.000317. The molecule has 5 heteroatoms. The number of halogens is 1. The fourth-order valence-corrected chi connectivity index (χ4v) is 4.86. The third kappa shape index (κ3) is 4.25. The van der Waals surface area contributed by atoms with Crippen molar-refractivity contribution < 1.29 is 0 Å². The second kappa shape index (κ2) is 9.21. The van der Waals surface area contributed by atoms with E-state index in [1.165, 1.54) is 16.7 Å². The first kappa shape index (κ1) is 22.4. The molecule has 0 N–H and O–H groups in total. The normalized spacial score (nSPS) is 15.4. The lowest BCUT2D eigenvalue weighted by atomic mass is 9.97. The Balaban J connectivity index is 1.53. The number of aromatic nitrogens is 2. The molecule has 0 saturated carbocycles. The highest BCUT2D eigenvalue weighted by molar-refractivity contribution is 6.30. The van der Waals surface area contributed by atoms with Crippen LogP contribution in [0.15, 0.2) is 102 Å². The van der Waals surface area contributed by atoms with Crippen molar-refractivity contribution >= 4 is 34.2 Å². The zero-order valence-electron chi connectivity index (χ0n) is 20.2. The highest BCUT2D eigenvalue weighted by atomic mass is 35.5. The highest BCUT2D eigenvalue weighted by Gasteiger charge is 2.32. The summed E-state index contributed by atoms with van der Waals surface area (Å²) in [7, 11) is 0. The maximum atomic E-state index is 6.18. The van der Waals surface area contributed by atoms with Crippen molar-refractivity contribution in [3.63, 3.8) is 0 Å². The van der Waals surface area contributed by atoms with Crippen LogP contribution in [0.5, 0.6) is 0 Å². The van der Waals surface area contributed by atoms with Gasteiger partial charge in [0.25, 0.3) is 0 Å². The molecular weight excluding hydrogens is 464 g/mol. The number of benzene rings is 4. The SMILES string of the molecule is Cc1ccc([C@H]2CC(c3cccc(C)c3)=NN2c2nc(-c3ccc(Cl)cc3)c3ccccc3n2)cc1. The van der Waals surface area contributed by atoms with E-state index in [4.69, 9.17) is 26.7 Å². The maximum Gasteiger partial charge on any atom is 0.247 e. The largest absolute Gasteiger partial charge is 0.247 e. The molecule has 1 aliphatic heterocycles. The Kier molecular flexibility index (Phi) is 5.74. The van der Waals surface area contributed by atoms with Gasteiger partial charge in [-0.1, -0.05) is 102 Å². The van der Waals surface area contributed by atoms with Gasteiger partial charge in [-0.05, 0) is 43.2 Å². The summed E-state index contributed by atoms with van der Waals surface area (Å²) in [4.78, 5) is 10.1. The summed E-state index contributed by atoms with van der Waals surface area (Å²) in [6.07, 6.45) is 0.777. The number of fused-ring (bicyclic) bond motifs is 1. The number of rotatable bonds is 4. The van der Waals surface area contributed by atoms with Crippen molar-refractivity contribution in [2.24, 2.45) is 5.10 Å². The van der Waals surface area contributed by atoms with E-state index in [0.717, 1.165) is 39.9 Å². The van der Waals surface area contributed by atoms with Crippen molar-refractivity contribution in [3.8, 4) is 11.3 Å². The Hall–Kier alpha value is -4.02. The standard InChI is InChI=1S/C31H25ClN4/c1-20-10-12-22(13-11-20)29-19-28(24-7-5-6-21(2)18-24)35-36(29)31-33-27-9-4-3-8-26(27)30(34-31)23-14-16-25(32)17-15-23/h3-18,29H,19H2,1-2H3/t29-/m1/s1. The molecule has 1 atom stereocenters. The summed E-state index contributed by atoms with van der Waals surface area (Å²) in [5.74, 6) is 0.590. The smallest absolute Gasteiger partial charge is 0.223 e. The number of para-hydroxylation sites is 1. The topological polar surface area (TPSA) is 41.4 Å². The van der Waals surface area contributed by atoms with Gasteiger partial charge in [0.05, 0.1) is 23.0 Å². The molecule has 0 spiro atoms. The number of nitrogens with zero attached hydrogens (tertiary/aromatic N) is 4. The summed E-state index contributed by atoms with van der Waals surface area (Å²) in [6, 6.07) is 33.1. The average molecular weight is 489 g/mol. The molecule has 5 aromatic rings. The second-order valence-electron chi connectivity index (χ2n) is 9.29. The predicted molar refractivity (Wildman–Crippen MR) is 149 cm³/mol. The van der Waals surface area contributed by atoms with Gasteiger partial charge in [0.2, 0.25) is 5.95 Å². The number of hydrogen-bond donors (Lipinski definition) is 0. The van der Waals surface area contributed by atoms with Gasteiger partial charge in [0, 0.05) is 22.4 Å². The van der Waals surface area contributed by atoms with Gasteiger partial charge in [0.1, 0.15) is 0 Å².